The predicted molar refractivity (Wildman–Crippen MR) is 194 cm³/mol. The smallest absolute Gasteiger partial charge is 0.136 e. The minimum absolute atomic E-state index is 0.915. The van der Waals surface area contributed by atoms with E-state index in [-0.39, 0.29) is 0 Å². The van der Waals surface area contributed by atoms with Crippen LogP contribution in [0.5, 0.6) is 0 Å². The summed E-state index contributed by atoms with van der Waals surface area (Å²) < 4.78 is 6.20. The van der Waals surface area contributed by atoms with Crippen LogP contribution in [0.15, 0.2) is 162 Å². The van der Waals surface area contributed by atoms with Crippen molar-refractivity contribution < 1.29 is 4.42 Å². The molecule has 9 rings (SSSR count). The summed E-state index contributed by atoms with van der Waals surface area (Å²) in [6.45, 7) is 0. The van der Waals surface area contributed by atoms with E-state index < -0.39 is 0 Å². The molecule has 1 heterocycles. The van der Waals surface area contributed by atoms with Crippen LogP contribution in [-0.2, 0) is 6.42 Å². The van der Waals surface area contributed by atoms with Crippen LogP contribution in [0.2, 0.25) is 0 Å². The second kappa shape index (κ2) is 10.9. The van der Waals surface area contributed by atoms with Gasteiger partial charge in [0.2, 0.25) is 0 Å². The summed E-state index contributed by atoms with van der Waals surface area (Å²) in [4.78, 5) is 2.40. The first-order chi connectivity index (χ1) is 22.8. The Morgan fingerprint density at radius 2 is 1.17 bits per heavy atom. The number of furan rings is 1. The lowest BCUT2D eigenvalue weighted by atomic mass is 9.94. The lowest BCUT2D eigenvalue weighted by molar-refractivity contribution is 0.669. The fourth-order valence-electron chi connectivity index (χ4n) is 7.05. The average Bonchev–Trinajstić information content (AvgIpc) is 3.50. The lowest BCUT2D eigenvalue weighted by Gasteiger charge is -2.29. The number of benzene rings is 7. The van der Waals surface area contributed by atoms with Crippen LogP contribution in [0.3, 0.4) is 0 Å². The largest absolute Gasteiger partial charge is 0.456 e. The molecule has 2 nitrogen and oxygen atoms in total. The van der Waals surface area contributed by atoms with E-state index in [1.807, 2.05) is 12.1 Å². The molecule has 2 heteroatoms. The number of fused-ring (bicyclic) bond motifs is 5. The SMILES string of the molecule is C1=Cc2c(cccc2N(c2ccc(-c3ccc4c(c3)oc3ccccc34)cc2)c2ccc(-c3cccc4ccccc34)cc2)CC1. The summed E-state index contributed by atoms with van der Waals surface area (Å²) in [6, 6.07) is 54.6. The van der Waals surface area contributed by atoms with Crippen molar-refractivity contribution in [1.82, 2.24) is 0 Å². The van der Waals surface area contributed by atoms with E-state index in [9.17, 15) is 0 Å². The molecule has 0 aliphatic heterocycles. The van der Waals surface area contributed by atoms with Gasteiger partial charge in [-0.25, -0.2) is 0 Å². The van der Waals surface area contributed by atoms with Gasteiger partial charge in [-0.2, -0.15) is 0 Å². The Bertz CT molecular complexity index is 2410. The molecule has 0 N–H and O–H groups in total. The Kier molecular flexibility index (Phi) is 6.31. The van der Waals surface area contributed by atoms with E-state index >= 15 is 0 Å². The predicted octanol–water partition coefficient (Wildman–Crippen LogP) is 12.5. The zero-order valence-electron chi connectivity index (χ0n) is 25.4. The molecule has 1 aromatic heterocycles. The minimum atomic E-state index is 0.915. The summed E-state index contributed by atoms with van der Waals surface area (Å²) in [5.41, 5.74) is 12.8. The van der Waals surface area contributed by atoms with Crippen LogP contribution >= 0.6 is 0 Å². The maximum atomic E-state index is 6.20. The molecule has 7 aromatic carbocycles. The Balaban J connectivity index is 1.13. The van der Waals surface area contributed by atoms with E-state index in [2.05, 4.69) is 157 Å². The zero-order chi connectivity index (χ0) is 30.5. The van der Waals surface area contributed by atoms with Gasteiger partial charge < -0.3 is 9.32 Å². The normalized spacial score (nSPS) is 12.5. The number of para-hydroxylation sites is 1. The molecule has 0 atom stereocenters. The van der Waals surface area contributed by atoms with Crippen LogP contribution in [0.25, 0.3) is 61.0 Å². The molecule has 0 saturated heterocycles. The minimum Gasteiger partial charge on any atom is -0.456 e. The quantitative estimate of drug-likeness (QED) is 0.199. The number of allylic oxidation sites excluding steroid dienone is 1. The van der Waals surface area contributed by atoms with Crippen molar-refractivity contribution in [3.05, 3.63) is 169 Å². The number of aryl methyl sites for hydroxylation is 1. The maximum Gasteiger partial charge on any atom is 0.136 e. The summed E-state index contributed by atoms with van der Waals surface area (Å²) in [6.07, 6.45) is 6.74. The molecule has 1 aliphatic carbocycles. The van der Waals surface area contributed by atoms with Crippen molar-refractivity contribution in [2.24, 2.45) is 0 Å². The number of anilines is 3. The van der Waals surface area contributed by atoms with Gasteiger partial charge in [0, 0.05) is 27.7 Å². The van der Waals surface area contributed by atoms with Crippen LogP contribution < -0.4 is 4.90 Å². The van der Waals surface area contributed by atoms with Gasteiger partial charge in [-0.3, -0.25) is 0 Å². The molecule has 0 fully saturated rings. The van der Waals surface area contributed by atoms with Crippen LogP contribution in [0, 0.1) is 0 Å². The van der Waals surface area contributed by atoms with Gasteiger partial charge in [0.05, 0.1) is 5.69 Å². The van der Waals surface area contributed by atoms with Crippen molar-refractivity contribution in [2.45, 2.75) is 12.8 Å². The molecule has 0 bridgehead atoms. The monoisotopic (exact) mass is 589 g/mol. The van der Waals surface area contributed by atoms with Crippen molar-refractivity contribution in [3.63, 3.8) is 0 Å². The molecule has 1 aliphatic rings. The topological polar surface area (TPSA) is 16.4 Å². The van der Waals surface area contributed by atoms with Gasteiger partial charge in [-0.1, -0.05) is 115 Å². The number of nitrogens with zero attached hydrogens (tertiary/aromatic N) is 1. The Morgan fingerprint density at radius 1 is 0.500 bits per heavy atom. The third-order valence-corrected chi connectivity index (χ3v) is 9.34. The van der Waals surface area contributed by atoms with E-state index in [1.54, 1.807) is 0 Å². The van der Waals surface area contributed by atoms with Crippen molar-refractivity contribution in [1.29, 1.82) is 0 Å². The van der Waals surface area contributed by atoms with Gasteiger partial charge in [0.1, 0.15) is 11.2 Å². The van der Waals surface area contributed by atoms with Crippen LogP contribution in [-0.4, -0.2) is 0 Å². The van der Waals surface area contributed by atoms with Crippen LogP contribution in [0.4, 0.5) is 17.1 Å². The number of rotatable bonds is 5. The molecule has 0 spiro atoms. The fraction of sp³-hybridized carbons (Fsp3) is 0.0455. The number of hydrogen-bond donors (Lipinski definition) is 0. The molecule has 46 heavy (non-hydrogen) atoms. The van der Waals surface area contributed by atoms with E-state index in [4.69, 9.17) is 4.42 Å². The van der Waals surface area contributed by atoms with E-state index in [1.165, 1.54) is 38.7 Å². The van der Waals surface area contributed by atoms with Crippen molar-refractivity contribution in [2.75, 3.05) is 4.90 Å². The first-order valence-electron chi connectivity index (χ1n) is 16.0. The molecule has 0 radical (unpaired) electrons. The van der Waals surface area contributed by atoms with Gasteiger partial charge in [-0.05, 0) is 100.0 Å². The molecular formula is C44H31NO. The molecule has 218 valence electrons. The summed E-state index contributed by atoms with van der Waals surface area (Å²) >= 11 is 0. The summed E-state index contributed by atoms with van der Waals surface area (Å²) in [5.74, 6) is 0. The number of hydrogen-bond acceptors (Lipinski definition) is 2. The lowest BCUT2D eigenvalue weighted by Crippen LogP contribution is -2.13. The van der Waals surface area contributed by atoms with Crippen molar-refractivity contribution >= 4 is 55.8 Å². The van der Waals surface area contributed by atoms with E-state index in [0.717, 1.165) is 57.3 Å². The Labute approximate surface area is 268 Å². The van der Waals surface area contributed by atoms with Gasteiger partial charge in [0.15, 0.2) is 0 Å². The van der Waals surface area contributed by atoms with Gasteiger partial charge in [0.25, 0.3) is 0 Å². The highest BCUT2D eigenvalue weighted by Gasteiger charge is 2.19. The molecule has 8 aromatic rings. The first kappa shape index (κ1) is 26.5. The maximum absolute atomic E-state index is 6.20. The highest BCUT2D eigenvalue weighted by atomic mass is 16.3. The molecule has 0 unspecified atom stereocenters. The Morgan fingerprint density at radius 3 is 2.02 bits per heavy atom. The molecular weight excluding hydrogens is 558 g/mol. The Hall–Kier alpha value is -5.86. The highest BCUT2D eigenvalue weighted by molar-refractivity contribution is 6.06. The molecule has 0 saturated carbocycles. The second-order valence-electron chi connectivity index (χ2n) is 12.1. The van der Waals surface area contributed by atoms with Crippen LogP contribution in [0.1, 0.15) is 17.5 Å². The highest BCUT2D eigenvalue weighted by Crippen LogP contribution is 2.41. The third kappa shape index (κ3) is 4.50. The summed E-state index contributed by atoms with van der Waals surface area (Å²) in [7, 11) is 0. The zero-order valence-corrected chi connectivity index (χ0v) is 25.4. The molecule has 0 amide bonds. The van der Waals surface area contributed by atoms with Gasteiger partial charge in [-0.15, -0.1) is 0 Å². The fourth-order valence-corrected chi connectivity index (χ4v) is 7.05. The third-order valence-electron chi connectivity index (χ3n) is 9.34. The summed E-state index contributed by atoms with van der Waals surface area (Å²) in [5, 5.41) is 4.83. The standard InChI is InChI=1S/C44H31NO/c1-3-13-37-31(9-1)11-7-16-38(37)33-21-26-36(27-22-33)45(42-17-8-12-32-10-2-4-14-39(32)42)35-24-19-30(20-25-35)34-23-28-41-40-15-5-6-18-43(40)46-44(41)29-34/h1,3-9,11-29H,2,10H2. The van der Waals surface area contributed by atoms with E-state index in [0.29, 0.717) is 0 Å². The average molecular weight is 590 g/mol. The second-order valence-corrected chi connectivity index (χ2v) is 12.1. The van der Waals surface area contributed by atoms with Gasteiger partial charge >= 0.3 is 0 Å². The van der Waals surface area contributed by atoms with Crippen molar-refractivity contribution in [3.8, 4) is 22.3 Å². The first-order valence-corrected chi connectivity index (χ1v) is 16.0.